The van der Waals surface area contributed by atoms with Crippen LogP contribution in [0, 0.1) is 0 Å². The number of aromatic nitrogens is 1. The predicted octanol–water partition coefficient (Wildman–Crippen LogP) is 3.37. The van der Waals surface area contributed by atoms with Gasteiger partial charge in [0.05, 0.1) is 0 Å². The van der Waals surface area contributed by atoms with Gasteiger partial charge in [-0.05, 0) is 67.3 Å². The van der Waals surface area contributed by atoms with Gasteiger partial charge in [-0.15, -0.1) is 0 Å². The van der Waals surface area contributed by atoms with Gasteiger partial charge >= 0.3 is 0 Å². The maximum absolute atomic E-state index is 13.0. The highest BCUT2D eigenvalue weighted by atomic mass is 16.5. The molecule has 2 saturated heterocycles. The molecule has 2 unspecified atom stereocenters. The first-order valence-corrected chi connectivity index (χ1v) is 13.2. The summed E-state index contributed by atoms with van der Waals surface area (Å²) in [5, 5.41) is 3.66. The summed E-state index contributed by atoms with van der Waals surface area (Å²) in [6.45, 7) is 2.90. The number of imide groups is 1. The van der Waals surface area contributed by atoms with E-state index >= 15 is 0 Å². The van der Waals surface area contributed by atoms with Gasteiger partial charge < -0.3 is 14.2 Å². The average molecular weight is 501 g/mol. The van der Waals surface area contributed by atoms with Gasteiger partial charge in [0.15, 0.2) is 0 Å². The van der Waals surface area contributed by atoms with Crippen LogP contribution in [0.25, 0.3) is 10.9 Å². The van der Waals surface area contributed by atoms with Crippen molar-refractivity contribution in [1.82, 2.24) is 19.7 Å². The van der Waals surface area contributed by atoms with E-state index in [1.807, 2.05) is 12.1 Å². The molecule has 0 radical (unpaired) electrons. The smallest absolute Gasteiger partial charge is 0.255 e. The first-order chi connectivity index (χ1) is 18.0. The minimum atomic E-state index is -0.605. The molecule has 2 atom stereocenters. The summed E-state index contributed by atoms with van der Waals surface area (Å²) in [6, 6.07) is 14.0. The molecule has 3 aliphatic heterocycles. The van der Waals surface area contributed by atoms with Crippen molar-refractivity contribution in [2.24, 2.45) is 7.05 Å². The molecule has 192 valence electrons. The standard InChI is InChI=1S/C29H32N4O4/c1-31-14-12-23-19(5-4-7-25(23)31)16-32-13-3-2-6-21(32)18-37-22-8-9-24-20(15-22)17-33(29(24)36)26-10-11-27(34)30-28(26)35/h4-5,7-9,12,14-15,21,26H,2-3,6,10-11,13,16-18H2,1H3,(H,30,34,35). The molecule has 8 heteroatoms. The summed E-state index contributed by atoms with van der Waals surface area (Å²) in [4.78, 5) is 40.9. The molecule has 0 aliphatic carbocycles. The summed E-state index contributed by atoms with van der Waals surface area (Å²) < 4.78 is 8.44. The Morgan fingerprint density at radius 2 is 1.95 bits per heavy atom. The second-order valence-electron chi connectivity index (χ2n) is 10.4. The molecule has 2 aromatic carbocycles. The van der Waals surface area contributed by atoms with E-state index in [-0.39, 0.29) is 18.2 Å². The van der Waals surface area contributed by atoms with E-state index in [0.29, 0.717) is 31.2 Å². The molecule has 6 rings (SSSR count). The first-order valence-electron chi connectivity index (χ1n) is 13.2. The molecule has 3 amide bonds. The number of nitrogens with zero attached hydrogens (tertiary/aromatic N) is 3. The Kier molecular flexibility index (Phi) is 6.20. The van der Waals surface area contributed by atoms with Crippen LogP contribution < -0.4 is 10.1 Å². The Morgan fingerprint density at radius 1 is 1.05 bits per heavy atom. The number of hydrogen-bond acceptors (Lipinski definition) is 5. The van der Waals surface area contributed by atoms with Crippen molar-refractivity contribution < 1.29 is 19.1 Å². The molecule has 4 heterocycles. The van der Waals surface area contributed by atoms with Crippen LogP contribution in [0.3, 0.4) is 0 Å². The number of carbonyl (C=O) groups is 3. The minimum absolute atomic E-state index is 0.162. The van der Waals surface area contributed by atoms with Gasteiger partial charge in [0.25, 0.3) is 5.91 Å². The van der Waals surface area contributed by atoms with E-state index < -0.39 is 11.9 Å². The van der Waals surface area contributed by atoms with E-state index in [4.69, 9.17) is 4.74 Å². The summed E-state index contributed by atoms with van der Waals surface area (Å²) in [5.41, 5.74) is 4.06. The fraction of sp³-hybridized carbons (Fsp3) is 0.414. The average Bonchev–Trinajstić information content (AvgIpc) is 3.43. The van der Waals surface area contributed by atoms with Crippen LogP contribution in [0.1, 0.15) is 53.6 Å². The second-order valence-corrected chi connectivity index (χ2v) is 10.4. The Morgan fingerprint density at radius 3 is 2.81 bits per heavy atom. The molecule has 37 heavy (non-hydrogen) atoms. The van der Waals surface area contributed by atoms with E-state index in [1.165, 1.54) is 29.3 Å². The van der Waals surface area contributed by atoms with E-state index in [0.717, 1.165) is 30.8 Å². The third-order valence-electron chi connectivity index (χ3n) is 8.08. The third-order valence-corrected chi connectivity index (χ3v) is 8.08. The molecule has 1 N–H and O–H groups in total. The van der Waals surface area contributed by atoms with Gasteiger partial charge in [-0.1, -0.05) is 18.6 Å². The number of piperidine rings is 2. The summed E-state index contributed by atoms with van der Waals surface area (Å²) in [5.74, 6) is -0.0901. The van der Waals surface area contributed by atoms with E-state index in [9.17, 15) is 14.4 Å². The molecule has 8 nitrogen and oxygen atoms in total. The molecule has 0 bridgehead atoms. The molecular formula is C29H32N4O4. The number of amides is 3. The number of fused-ring (bicyclic) bond motifs is 2. The topological polar surface area (TPSA) is 83.9 Å². The lowest BCUT2D eigenvalue weighted by Gasteiger charge is -2.35. The largest absolute Gasteiger partial charge is 0.492 e. The number of rotatable bonds is 6. The van der Waals surface area contributed by atoms with Gasteiger partial charge in [0.1, 0.15) is 18.4 Å². The number of benzene rings is 2. The zero-order valence-corrected chi connectivity index (χ0v) is 21.1. The number of aryl methyl sites for hydroxylation is 1. The van der Waals surface area contributed by atoms with E-state index in [1.54, 1.807) is 11.0 Å². The summed E-state index contributed by atoms with van der Waals surface area (Å²) >= 11 is 0. The lowest BCUT2D eigenvalue weighted by Crippen LogP contribution is -2.52. The van der Waals surface area contributed by atoms with Crippen LogP contribution in [0.15, 0.2) is 48.7 Å². The minimum Gasteiger partial charge on any atom is -0.492 e. The molecule has 2 fully saturated rings. The van der Waals surface area contributed by atoms with Crippen molar-refractivity contribution in [1.29, 1.82) is 0 Å². The zero-order chi connectivity index (χ0) is 25.5. The number of likely N-dealkylation sites (tertiary alicyclic amines) is 1. The van der Waals surface area contributed by atoms with Crippen LogP contribution in [0.2, 0.25) is 0 Å². The molecule has 3 aromatic rings. The van der Waals surface area contributed by atoms with Crippen molar-refractivity contribution in [2.75, 3.05) is 13.2 Å². The van der Waals surface area contributed by atoms with Crippen molar-refractivity contribution in [2.45, 2.75) is 57.3 Å². The second kappa shape index (κ2) is 9.67. The van der Waals surface area contributed by atoms with Crippen LogP contribution in [-0.2, 0) is 29.7 Å². The fourth-order valence-electron chi connectivity index (χ4n) is 6.01. The summed E-state index contributed by atoms with van der Waals surface area (Å²) in [7, 11) is 2.08. The highest BCUT2D eigenvalue weighted by Crippen LogP contribution is 2.31. The number of carbonyl (C=O) groups excluding carboxylic acids is 3. The maximum Gasteiger partial charge on any atom is 0.255 e. The molecular weight excluding hydrogens is 468 g/mol. The van der Waals surface area contributed by atoms with Gasteiger partial charge in [-0.3, -0.25) is 24.6 Å². The lowest BCUT2D eigenvalue weighted by atomic mass is 10.0. The first kappa shape index (κ1) is 23.7. The van der Waals surface area contributed by atoms with Gasteiger partial charge in [-0.25, -0.2) is 0 Å². The molecule has 0 saturated carbocycles. The van der Waals surface area contributed by atoms with Crippen molar-refractivity contribution in [3.63, 3.8) is 0 Å². The van der Waals surface area contributed by atoms with E-state index in [2.05, 4.69) is 52.3 Å². The maximum atomic E-state index is 13.0. The van der Waals surface area contributed by atoms with Crippen LogP contribution in [-0.4, -0.2) is 57.3 Å². The third kappa shape index (κ3) is 4.50. The zero-order valence-electron chi connectivity index (χ0n) is 21.1. The lowest BCUT2D eigenvalue weighted by molar-refractivity contribution is -0.136. The molecule has 3 aliphatic rings. The summed E-state index contributed by atoms with van der Waals surface area (Å²) in [6.07, 6.45) is 6.21. The number of nitrogens with one attached hydrogen (secondary N) is 1. The fourth-order valence-corrected chi connectivity index (χ4v) is 6.01. The predicted molar refractivity (Wildman–Crippen MR) is 139 cm³/mol. The highest BCUT2D eigenvalue weighted by Gasteiger charge is 2.39. The normalized spacial score (nSPS) is 22.4. The molecule has 1 aromatic heterocycles. The van der Waals surface area contributed by atoms with Crippen molar-refractivity contribution in [3.8, 4) is 5.75 Å². The van der Waals surface area contributed by atoms with Gasteiger partial charge in [0, 0.05) is 55.3 Å². The van der Waals surface area contributed by atoms with Gasteiger partial charge in [0.2, 0.25) is 11.8 Å². The number of ether oxygens (including phenoxy) is 1. The highest BCUT2D eigenvalue weighted by molar-refractivity contribution is 6.05. The van der Waals surface area contributed by atoms with Gasteiger partial charge in [-0.2, -0.15) is 0 Å². The quantitative estimate of drug-likeness (QED) is 0.525. The monoisotopic (exact) mass is 500 g/mol. The Labute approximate surface area is 216 Å². The van der Waals surface area contributed by atoms with Crippen LogP contribution in [0.5, 0.6) is 5.75 Å². The Bertz CT molecular complexity index is 1380. The van der Waals surface area contributed by atoms with Crippen LogP contribution >= 0.6 is 0 Å². The number of hydrogen-bond donors (Lipinski definition) is 1. The van der Waals surface area contributed by atoms with Crippen molar-refractivity contribution >= 4 is 28.6 Å². The van der Waals surface area contributed by atoms with Crippen LogP contribution in [0.4, 0.5) is 0 Å². The molecule has 0 spiro atoms. The van der Waals surface area contributed by atoms with Crippen molar-refractivity contribution in [3.05, 3.63) is 65.4 Å². The SMILES string of the molecule is Cn1ccc2c(CN3CCCCC3COc3ccc4c(c3)CN(C3CCC(=O)NC3=O)C4=O)cccc21. The Balaban J connectivity index is 1.13. The Hall–Kier alpha value is -3.65.